The number of thioether (sulfide) groups is 1. The molecule has 1 aliphatic rings. The summed E-state index contributed by atoms with van der Waals surface area (Å²) in [5.41, 5.74) is 3.17. The van der Waals surface area contributed by atoms with Crippen molar-refractivity contribution in [2.45, 2.75) is 44.2 Å². The van der Waals surface area contributed by atoms with Crippen molar-refractivity contribution >= 4 is 44.9 Å². The van der Waals surface area contributed by atoms with Crippen LogP contribution in [0.25, 0.3) is 10.2 Å². The molecule has 0 saturated heterocycles. The fourth-order valence-corrected chi connectivity index (χ4v) is 5.61. The average molecular weight is 414 g/mol. The molecule has 0 spiro atoms. The normalized spacial score (nSPS) is 13.3. The Hall–Kier alpha value is -2.12. The second-order valence-electron chi connectivity index (χ2n) is 7.41. The molecule has 7 heteroatoms. The molecule has 0 unspecified atom stereocenters. The highest BCUT2D eigenvalue weighted by Crippen LogP contribution is 2.35. The molecule has 1 N–H and O–H groups in total. The first-order valence-electron chi connectivity index (χ1n) is 9.48. The number of aryl methyl sites for hydroxylation is 2. The lowest BCUT2D eigenvalue weighted by atomic mass is 10.0. The Balaban J connectivity index is 1.50. The lowest BCUT2D eigenvalue weighted by molar-refractivity contribution is -0.113. The predicted molar refractivity (Wildman–Crippen MR) is 117 cm³/mol. The number of thiophene rings is 1. The molecule has 0 bridgehead atoms. The Labute approximate surface area is 172 Å². The van der Waals surface area contributed by atoms with Crippen LogP contribution in [0.5, 0.6) is 0 Å². The highest BCUT2D eigenvalue weighted by molar-refractivity contribution is 7.99. The van der Waals surface area contributed by atoms with Gasteiger partial charge in [-0.1, -0.05) is 37.7 Å². The van der Waals surface area contributed by atoms with Gasteiger partial charge in [0.15, 0.2) is 5.16 Å². The minimum absolute atomic E-state index is 0.00283. The number of benzene rings is 1. The summed E-state index contributed by atoms with van der Waals surface area (Å²) in [4.78, 5) is 32.0. The van der Waals surface area contributed by atoms with Crippen LogP contribution < -0.4 is 10.9 Å². The molecule has 1 amide bonds. The van der Waals surface area contributed by atoms with E-state index in [2.05, 4.69) is 30.2 Å². The van der Waals surface area contributed by atoms with Gasteiger partial charge in [0.25, 0.3) is 5.56 Å². The number of amides is 1. The van der Waals surface area contributed by atoms with Crippen molar-refractivity contribution in [1.82, 2.24) is 9.55 Å². The minimum atomic E-state index is -0.103. The highest BCUT2D eigenvalue weighted by atomic mass is 32.2. The van der Waals surface area contributed by atoms with Crippen LogP contribution >= 0.6 is 23.1 Å². The van der Waals surface area contributed by atoms with Crippen molar-refractivity contribution in [3.8, 4) is 0 Å². The molecule has 2 aromatic heterocycles. The molecule has 3 aromatic rings. The van der Waals surface area contributed by atoms with Gasteiger partial charge in [-0.05, 0) is 48.4 Å². The molecule has 5 nitrogen and oxygen atoms in total. The van der Waals surface area contributed by atoms with Gasteiger partial charge in [0, 0.05) is 17.6 Å². The van der Waals surface area contributed by atoms with E-state index in [1.165, 1.54) is 27.8 Å². The van der Waals surface area contributed by atoms with Gasteiger partial charge in [0.2, 0.25) is 5.91 Å². The number of carbonyl (C=O) groups excluding carboxylic acids is 1. The number of anilines is 1. The monoisotopic (exact) mass is 413 g/mol. The minimum Gasteiger partial charge on any atom is -0.325 e. The standard InChI is InChI=1S/C21H23N3O2S2/c1-12(2)13-6-4-7-14(10-13)22-17(25)11-27-21-23-19-18(20(26)24(21)3)15-8-5-9-16(15)28-19/h4,6-7,10,12H,5,8-9,11H2,1-3H3,(H,22,25). The number of hydrogen-bond acceptors (Lipinski definition) is 5. The molecule has 146 valence electrons. The van der Waals surface area contributed by atoms with E-state index in [-0.39, 0.29) is 17.2 Å². The molecule has 0 radical (unpaired) electrons. The molecule has 0 aliphatic heterocycles. The Morgan fingerprint density at radius 1 is 1.36 bits per heavy atom. The van der Waals surface area contributed by atoms with Crippen LogP contribution in [0.2, 0.25) is 0 Å². The van der Waals surface area contributed by atoms with Crippen molar-refractivity contribution in [2.24, 2.45) is 7.05 Å². The van der Waals surface area contributed by atoms with Crippen LogP contribution in [0.1, 0.15) is 42.2 Å². The third kappa shape index (κ3) is 3.61. The number of aromatic nitrogens is 2. The number of carbonyl (C=O) groups is 1. The molecule has 0 atom stereocenters. The first-order chi connectivity index (χ1) is 13.4. The summed E-state index contributed by atoms with van der Waals surface area (Å²) < 4.78 is 1.57. The Morgan fingerprint density at radius 2 is 2.18 bits per heavy atom. The fraction of sp³-hybridized carbons (Fsp3) is 0.381. The smallest absolute Gasteiger partial charge is 0.262 e. The van der Waals surface area contributed by atoms with Crippen molar-refractivity contribution < 1.29 is 4.79 Å². The molecule has 4 rings (SSSR count). The van der Waals surface area contributed by atoms with Crippen molar-refractivity contribution in [3.05, 3.63) is 50.6 Å². The summed E-state index contributed by atoms with van der Waals surface area (Å²) in [5.74, 6) is 0.515. The van der Waals surface area contributed by atoms with Crippen molar-refractivity contribution in [2.75, 3.05) is 11.1 Å². The molecular formula is C21H23N3O2S2. The first-order valence-corrected chi connectivity index (χ1v) is 11.3. The van der Waals surface area contributed by atoms with Crippen LogP contribution in [0.15, 0.2) is 34.2 Å². The first kappa shape index (κ1) is 19.2. The predicted octanol–water partition coefficient (Wildman–Crippen LogP) is 4.34. The zero-order valence-corrected chi connectivity index (χ0v) is 17.9. The SMILES string of the molecule is CC(C)c1cccc(NC(=O)CSc2nc3sc4c(c3c(=O)n2C)CCC4)c1. The lowest BCUT2D eigenvalue weighted by Gasteiger charge is -2.10. The maximum atomic E-state index is 12.8. The van der Waals surface area contributed by atoms with E-state index in [0.717, 1.165) is 35.2 Å². The molecule has 1 aliphatic carbocycles. The van der Waals surface area contributed by atoms with E-state index < -0.39 is 0 Å². The zero-order valence-electron chi connectivity index (χ0n) is 16.2. The zero-order chi connectivity index (χ0) is 19.8. The van der Waals surface area contributed by atoms with Gasteiger partial charge in [-0.3, -0.25) is 14.2 Å². The molecule has 0 fully saturated rings. The lowest BCUT2D eigenvalue weighted by Crippen LogP contribution is -2.21. The summed E-state index contributed by atoms with van der Waals surface area (Å²) in [5, 5.41) is 4.30. The van der Waals surface area contributed by atoms with Crippen LogP contribution in [-0.2, 0) is 24.7 Å². The molecule has 2 heterocycles. The number of hydrogen-bond donors (Lipinski definition) is 1. The largest absolute Gasteiger partial charge is 0.325 e. The summed E-state index contributed by atoms with van der Waals surface area (Å²) in [6, 6.07) is 7.90. The summed E-state index contributed by atoms with van der Waals surface area (Å²) in [6.45, 7) is 4.25. The summed E-state index contributed by atoms with van der Waals surface area (Å²) >= 11 is 2.93. The van der Waals surface area contributed by atoms with E-state index in [0.29, 0.717) is 11.1 Å². The van der Waals surface area contributed by atoms with Crippen molar-refractivity contribution in [3.63, 3.8) is 0 Å². The van der Waals surface area contributed by atoms with E-state index in [9.17, 15) is 9.59 Å². The number of nitrogens with one attached hydrogen (secondary N) is 1. The molecular weight excluding hydrogens is 390 g/mol. The molecule has 28 heavy (non-hydrogen) atoms. The summed E-state index contributed by atoms with van der Waals surface area (Å²) in [6.07, 6.45) is 3.13. The Kier molecular flexibility index (Phi) is 5.29. The molecule has 0 saturated carbocycles. The van der Waals surface area contributed by atoms with Crippen LogP contribution in [-0.4, -0.2) is 21.2 Å². The third-order valence-electron chi connectivity index (χ3n) is 5.07. The quantitative estimate of drug-likeness (QED) is 0.499. The number of rotatable bonds is 5. The van der Waals surface area contributed by atoms with Gasteiger partial charge in [0.05, 0.1) is 11.1 Å². The Morgan fingerprint density at radius 3 is 2.96 bits per heavy atom. The van der Waals surface area contributed by atoms with E-state index >= 15 is 0 Å². The van der Waals surface area contributed by atoms with Gasteiger partial charge in [-0.2, -0.15) is 0 Å². The van der Waals surface area contributed by atoms with Crippen LogP contribution in [0, 0.1) is 0 Å². The fourth-order valence-electron chi connectivity index (χ4n) is 3.54. The van der Waals surface area contributed by atoms with E-state index in [4.69, 9.17) is 0 Å². The van der Waals surface area contributed by atoms with Gasteiger partial charge >= 0.3 is 0 Å². The average Bonchev–Trinajstić information content (AvgIpc) is 3.24. The maximum absolute atomic E-state index is 12.8. The molecule has 1 aromatic carbocycles. The van der Waals surface area contributed by atoms with Crippen LogP contribution in [0.3, 0.4) is 0 Å². The van der Waals surface area contributed by atoms with E-state index in [1.54, 1.807) is 23.0 Å². The Bertz CT molecular complexity index is 1110. The second kappa shape index (κ2) is 7.72. The van der Waals surface area contributed by atoms with Gasteiger partial charge in [-0.15, -0.1) is 11.3 Å². The van der Waals surface area contributed by atoms with E-state index in [1.807, 2.05) is 18.2 Å². The van der Waals surface area contributed by atoms with Crippen LogP contribution in [0.4, 0.5) is 5.69 Å². The van der Waals surface area contributed by atoms with Crippen molar-refractivity contribution in [1.29, 1.82) is 0 Å². The number of nitrogens with zero attached hydrogens (tertiary/aromatic N) is 2. The van der Waals surface area contributed by atoms with Gasteiger partial charge in [0.1, 0.15) is 4.83 Å². The van der Waals surface area contributed by atoms with Gasteiger partial charge < -0.3 is 5.32 Å². The number of fused-ring (bicyclic) bond motifs is 3. The third-order valence-corrected chi connectivity index (χ3v) is 7.29. The maximum Gasteiger partial charge on any atom is 0.262 e. The van der Waals surface area contributed by atoms with Gasteiger partial charge in [-0.25, -0.2) is 4.98 Å². The topological polar surface area (TPSA) is 64.0 Å². The summed E-state index contributed by atoms with van der Waals surface area (Å²) in [7, 11) is 1.74. The second-order valence-corrected chi connectivity index (χ2v) is 9.44. The highest BCUT2D eigenvalue weighted by Gasteiger charge is 2.22.